The number of rotatable bonds is 5. The summed E-state index contributed by atoms with van der Waals surface area (Å²) in [5.74, 6) is -0.303. The molecular formula is C19H20ClFN2O. The van der Waals surface area contributed by atoms with Crippen molar-refractivity contribution >= 4 is 17.5 Å². The van der Waals surface area contributed by atoms with Crippen molar-refractivity contribution in [3.63, 3.8) is 0 Å². The van der Waals surface area contributed by atoms with Gasteiger partial charge < -0.3 is 5.32 Å². The summed E-state index contributed by atoms with van der Waals surface area (Å²) in [6.07, 6.45) is 2.07. The molecule has 0 saturated carbocycles. The van der Waals surface area contributed by atoms with Crippen LogP contribution in [0.25, 0.3) is 0 Å². The quantitative estimate of drug-likeness (QED) is 0.889. The molecule has 0 bridgehead atoms. The second-order valence-electron chi connectivity index (χ2n) is 6.05. The molecule has 1 heterocycles. The van der Waals surface area contributed by atoms with Gasteiger partial charge in [-0.05, 0) is 48.7 Å². The zero-order valence-electron chi connectivity index (χ0n) is 13.3. The predicted octanol–water partition coefficient (Wildman–Crippen LogP) is 3.93. The molecule has 2 aromatic rings. The van der Waals surface area contributed by atoms with E-state index < -0.39 is 0 Å². The third-order valence-electron chi connectivity index (χ3n) is 4.38. The maximum Gasteiger partial charge on any atom is 0.234 e. The molecule has 1 fully saturated rings. The highest BCUT2D eigenvalue weighted by atomic mass is 35.5. The summed E-state index contributed by atoms with van der Waals surface area (Å²) in [6, 6.07) is 14.2. The summed E-state index contributed by atoms with van der Waals surface area (Å²) >= 11 is 6.30. The maximum atomic E-state index is 12.9. The highest BCUT2D eigenvalue weighted by Gasteiger charge is 2.28. The van der Waals surface area contributed by atoms with Crippen LogP contribution in [0.2, 0.25) is 5.02 Å². The van der Waals surface area contributed by atoms with Crippen molar-refractivity contribution in [2.45, 2.75) is 25.4 Å². The van der Waals surface area contributed by atoms with Gasteiger partial charge >= 0.3 is 0 Å². The van der Waals surface area contributed by atoms with Crippen LogP contribution in [0.4, 0.5) is 4.39 Å². The van der Waals surface area contributed by atoms with Gasteiger partial charge in [-0.15, -0.1) is 0 Å². The zero-order valence-corrected chi connectivity index (χ0v) is 14.1. The number of carbonyl (C=O) groups is 1. The van der Waals surface area contributed by atoms with Crippen molar-refractivity contribution in [3.05, 3.63) is 70.5 Å². The Morgan fingerprint density at radius 1 is 1.21 bits per heavy atom. The van der Waals surface area contributed by atoms with E-state index >= 15 is 0 Å². The van der Waals surface area contributed by atoms with Gasteiger partial charge in [0.2, 0.25) is 5.91 Å². The summed E-state index contributed by atoms with van der Waals surface area (Å²) < 4.78 is 12.9. The molecule has 1 saturated heterocycles. The molecule has 1 N–H and O–H groups in total. The lowest BCUT2D eigenvalue weighted by molar-refractivity contribution is -0.122. The summed E-state index contributed by atoms with van der Waals surface area (Å²) in [5.41, 5.74) is 1.97. The summed E-state index contributed by atoms with van der Waals surface area (Å²) in [6.45, 7) is 1.64. The number of benzene rings is 2. The van der Waals surface area contributed by atoms with E-state index in [1.165, 1.54) is 12.1 Å². The molecule has 0 aromatic heterocycles. The minimum atomic E-state index is -0.273. The number of amides is 1. The summed E-state index contributed by atoms with van der Waals surface area (Å²) in [4.78, 5) is 14.4. The first-order chi connectivity index (χ1) is 11.6. The average Bonchev–Trinajstić information content (AvgIpc) is 3.02. The molecule has 1 unspecified atom stereocenters. The number of nitrogens with zero attached hydrogens (tertiary/aromatic N) is 1. The molecule has 0 radical (unpaired) electrons. The van der Waals surface area contributed by atoms with Crippen molar-refractivity contribution in [1.29, 1.82) is 0 Å². The largest absolute Gasteiger partial charge is 0.351 e. The first-order valence-electron chi connectivity index (χ1n) is 8.13. The molecule has 0 spiro atoms. The van der Waals surface area contributed by atoms with Crippen molar-refractivity contribution < 1.29 is 9.18 Å². The Morgan fingerprint density at radius 3 is 2.71 bits per heavy atom. The van der Waals surface area contributed by atoms with Crippen LogP contribution in [0.3, 0.4) is 0 Å². The molecule has 1 aliphatic heterocycles. The van der Waals surface area contributed by atoms with Crippen LogP contribution in [0, 0.1) is 5.82 Å². The molecular weight excluding hydrogens is 327 g/mol. The molecule has 5 heteroatoms. The predicted molar refractivity (Wildman–Crippen MR) is 93.2 cm³/mol. The third-order valence-corrected chi connectivity index (χ3v) is 4.72. The van der Waals surface area contributed by atoms with Gasteiger partial charge in [0.25, 0.3) is 0 Å². The topological polar surface area (TPSA) is 32.3 Å². The number of hydrogen-bond donors (Lipinski definition) is 1. The van der Waals surface area contributed by atoms with Gasteiger partial charge in [0.05, 0.1) is 6.54 Å². The Hall–Kier alpha value is -1.91. The van der Waals surface area contributed by atoms with Crippen LogP contribution in [-0.4, -0.2) is 23.9 Å². The fraction of sp³-hybridized carbons (Fsp3) is 0.316. The van der Waals surface area contributed by atoms with Gasteiger partial charge in [0.1, 0.15) is 5.82 Å². The van der Waals surface area contributed by atoms with E-state index in [9.17, 15) is 9.18 Å². The Labute approximate surface area is 146 Å². The Bertz CT molecular complexity index is 705. The minimum absolute atomic E-state index is 0.0294. The molecule has 24 heavy (non-hydrogen) atoms. The highest BCUT2D eigenvalue weighted by Crippen LogP contribution is 2.35. The van der Waals surface area contributed by atoms with Gasteiger partial charge in [-0.25, -0.2) is 4.39 Å². The van der Waals surface area contributed by atoms with Gasteiger partial charge in [-0.2, -0.15) is 0 Å². The molecule has 3 rings (SSSR count). The van der Waals surface area contributed by atoms with Gasteiger partial charge in [-0.1, -0.05) is 41.9 Å². The van der Waals surface area contributed by atoms with Crippen molar-refractivity contribution in [2.75, 3.05) is 13.1 Å². The molecule has 2 aromatic carbocycles. The van der Waals surface area contributed by atoms with Crippen LogP contribution in [0.1, 0.15) is 30.0 Å². The fourth-order valence-electron chi connectivity index (χ4n) is 3.16. The number of likely N-dealkylation sites (tertiary alicyclic amines) is 1. The smallest absolute Gasteiger partial charge is 0.234 e. The zero-order chi connectivity index (χ0) is 16.9. The fourth-order valence-corrected chi connectivity index (χ4v) is 3.42. The molecule has 1 aliphatic rings. The minimum Gasteiger partial charge on any atom is -0.351 e. The van der Waals surface area contributed by atoms with Crippen LogP contribution >= 0.6 is 11.6 Å². The molecule has 1 amide bonds. The Morgan fingerprint density at radius 2 is 1.96 bits per heavy atom. The summed E-state index contributed by atoms with van der Waals surface area (Å²) in [5, 5.41) is 3.65. The van der Waals surface area contributed by atoms with E-state index in [-0.39, 0.29) is 17.8 Å². The molecule has 126 valence electrons. The van der Waals surface area contributed by atoms with Crippen LogP contribution in [-0.2, 0) is 11.3 Å². The average molecular weight is 347 g/mol. The van der Waals surface area contributed by atoms with Crippen molar-refractivity contribution in [2.24, 2.45) is 0 Å². The van der Waals surface area contributed by atoms with Crippen molar-refractivity contribution in [1.82, 2.24) is 10.2 Å². The molecule has 3 nitrogen and oxygen atoms in total. The van der Waals surface area contributed by atoms with Crippen LogP contribution in [0.15, 0.2) is 48.5 Å². The number of halogens is 2. The van der Waals surface area contributed by atoms with Crippen molar-refractivity contribution in [3.8, 4) is 0 Å². The monoisotopic (exact) mass is 346 g/mol. The first-order valence-corrected chi connectivity index (χ1v) is 8.51. The lowest BCUT2D eigenvalue weighted by Crippen LogP contribution is -2.36. The SMILES string of the molecule is O=C(CN1CCCC1c1ccccc1Cl)NCc1ccc(F)cc1. The van der Waals surface area contributed by atoms with E-state index in [4.69, 9.17) is 11.6 Å². The highest BCUT2D eigenvalue weighted by molar-refractivity contribution is 6.31. The van der Waals surface area contributed by atoms with Gasteiger partial charge in [0, 0.05) is 17.6 Å². The number of carbonyl (C=O) groups excluding carboxylic acids is 1. The maximum absolute atomic E-state index is 12.9. The number of hydrogen-bond acceptors (Lipinski definition) is 2. The normalized spacial score (nSPS) is 17.8. The van der Waals surface area contributed by atoms with E-state index in [0.717, 1.165) is 35.5 Å². The third kappa shape index (κ3) is 4.13. The van der Waals surface area contributed by atoms with E-state index in [0.29, 0.717) is 13.1 Å². The lowest BCUT2D eigenvalue weighted by Gasteiger charge is -2.25. The van der Waals surface area contributed by atoms with E-state index in [1.807, 2.05) is 24.3 Å². The standard InChI is InChI=1S/C19H20ClFN2O/c20-17-5-2-1-4-16(17)18-6-3-11-23(18)13-19(24)22-12-14-7-9-15(21)10-8-14/h1-2,4-5,7-10,18H,3,6,11-13H2,(H,22,24). The number of nitrogens with one attached hydrogen (secondary N) is 1. The molecule has 1 atom stereocenters. The van der Waals surface area contributed by atoms with Crippen LogP contribution < -0.4 is 5.32 Å². The lowest BCUT2D eigenvalue weighted by atomic mass is 10.0. The van der Waals surface area contributed by atoms with Gasteiger partial charge in [0.15, 0.2) is 0 Å². The van der Waals surface area contributed by atoms with Gasteiger partial charge in [-0.3, -0.25) is 9.69 Å². The van der Waals surface area contributed by atoms with E-state index in [1.54, 1.807) is 12.1 Å². The second-order valence-corrected chi connectivity index (χ2v) is 6.46. The second kappa shape index (κ2) is 7.77. The first kappa shape index (κ1) is 16.9. The van der Waals surface area contributed by atoms with Crippen LogP contribution in [0.5, 0.6) is 0 Å². The Kier molecular flexibility index (Phi) is 5.48. The molecule has 0 aliphatic carbocycles. The Balaban J connectivity index is 1.57. The van der Waals surface area contributed by atoms with E-state index in [2.05, 4.69) is 10.2 Å². The summed E-state index contributed by atoms with van der Waals surface area (Å²) in [7, 11) is 0.